The first-order chi connectivity index (χ1) is 9.49. The molecule has 0 fully saturated rings. The summed E-state index contributed by atoms with van der Waals surface area (Å²) in [5.41, 5.74) is 0.424. The molecule has 0 saturated carbocycles. The van der Waals surface area contributed by atoms with Crippen LogP contribution in [0.15, 0.2) is 23.4 Å². The molecule has 0 bridgehead atoms. The highest BCUT2D eigenvalue weighted by atomic mass is 35.5. The van der Waals surface area contributed by atoms with Crippen molar-refractivity contribution in [2.45, 2.75) is 30.7 Å². The SMILES string of the molecule is CCC(CCO)NS(=O)(=O)c1c[nH]c2nccc(Cl)c12. The van der Waals surface area contributed by atoms with Gasteiger partial charge in [0.05, 0.1) is 10.4 Å². The highest BCUT2D eigenvalue weighted by Crippen LogP contribution is 2.28. The molecule has 0 saturated heterocycles. The molecule has 0 spiro atoms. The fraction of sp³-hybridized carbons (Fsp3) is 0.417. The summed E-state index contributed by atoms with van der Waals surface area (Å²) in [6, 6.07) is 1.23. The summed E-state index contributed by atoms with van der Waals surface area (Å²) in [6.07, 6.45) is 3.83. The van der Waals surface area contributed by atoms with Crippen molar-refractivity contribution in [3.63, 3.8) is 0 Å². The van der Waals surface area contributed by atoms with Gasteiger partial charge in [0.1, 0.15) is 10.5 Å². The van der Waals surface area contributed by atoms with E-state index in [2.05, 4.69) is 14.7 Å². The van der Waals surface area contributed by atoms with E-state index in [0.29, 0.717) is 28.9 Å². The molecular formula is C12H16ClN3O3S. The maximum atomic E-state index is 12.4. The van der Waals surface area contributed by atoms with E-state index in [1.165, 1.54) is 12.4 Å². The fourth-order valence-corrected chi connectivity index (χ4v) is 3.83. The third kappa shape index (κ3) is 2.95. The van der Waals surface area contributed by atoms with Crippen molar-refractivity contribution >= 4 is 32.7 Å². The first-order valence-electron chi connectivity index (χ1n) is 6.24. The van der Waals surface area contributed by atoms with Gasteiger partial charge in [0, 0.05) is 25.0 Å². The van der Waals surface area contributed by atoms with E-state index in [9.17, 15) is 8.42 Å². The second-order valence-corrected chi connectivity index (χ2v) is 6.50. The number of aromatic amines is 1. The summed E-state index contributed by atoms with van der Waals surface area (Å²) in [5, 5.41) is 9.64. The van der Waals surface area contributed by atoms with E-state index in [-0.39, 0.29) is 17.5 Å². The van der Waals surface area contributed by atoms with E-state index in [1.807, 2.05) is 6.92 Å². The number of H-pyrrole nitrogens is 1. The normalized spacial score (nSPS) is 13.8. The van der Waals surface area contributed by atoms with Crippen LogP contribution in [0.25, 0.3) is 11.0 Å². The molecule has 8 heteroatoms. The highest BCUT2D eigenvalue weighted by molar-refractivity contribution is 7.89. The first-order valence-corrected chi connectivity index (χ1v) is 8.10. The maximum Gasteiger partial charge on any atom is 0.243 e. The number of fused-ring (bicyclic) bond motifs is 1. The third-order valence-electron chi connectivity index (χ3n) is 3.07. The second-order valence-electron chi connectivity index (χ2n) is 4.41. The Morgan fingerprint density at radius 2 is 2.30 bits per heavy atom. The van der Waals surface area contributed by atoms with Gasteiger partial charge < -0.3 is 10.1 Å². The van der Waals surface area contributed by atoms with E-state index >= 15 is 0 Å². The number of hydrogen-bond acceptors (Lipinski definition) is 4. The molecule has 1 atom stereocenters. The number of rotatable bonds is 6. The monoisotopic (exact) mass is 317 g/mol. The van der Waals surface area contributed by atoms with Gasteiger partial charge in [-0.25, -0.2) is 18.1 Å². The van der Waals surface area contributed by atoms with Gasteiger partial charge in [0.2, 0.25) is 10.0 Å². The molecular weight excluding hydrogens is 302 g/mol. The number of sulfonamides is 1. The molecule has 0 aliphatic carbocycles. The van der Waals surface area contributed by atoms with Crippen LogP contribution in [0.5, 0.6) is 0 Å². The minimum Gasteiger partial charge on any atom is -0.396 e. The topological polar surface area (TPSA) is 95.1 Å². The molecule has 0 aliphatic heterocycles. The van der Waals surface area contributed by atoms with Crippen molar-refractivity contribution in [3.05, 3.63) is 23.5 Å². The predicted molar refractivity (Wildman–Crippen MR) is 77.2 cm³/mol. The Morgan fingerprint density at radius 1 is 1.55 bits per heavy atom. The fourth-order valence-electron chi connectivity index (χ4n) is 1.99. The third-order valence-corrected chi connectivity index (χ3v) is 4.93. The Hall–Kier alpha value is -1.15. The molecule has 2 aromatic rings. The van der Waals surface area contributed by atoms with Gasteiger partial charge in [-0.05, 0) is 18.9 Å². The Kier molecular flexibility index (Phi) is 4.64. The highest BCUT2D eigenvalue weighted by Gasteiger charge is 2.23. The largest absolute Gasteiger partial charge is 0.396 e. The summed E-state index contributed by atoms with van der Waals surface area (Å²) in [7, 11) is -3.72. The zero-order chi connectivity index (χ0) is 14.8. The number of hydrogen-bond donors (Lipinski definition) is 3. The van der Waals surface area contributed by atoms with Crippen LogP contribution in [0.1, 0.15) is 19.8 Å². The summed E-state index contributed by atoms with van der Waals surface area (Å²) in [6.45, 7) is 1.78. The van der Waals surface area contributed by atoms with Crippen LogP contribution in [0.3, 0.4) is 0 Å². The maximum absolute atomic E-state index is 12.4. The van der Waals surface area contributed by atoms with Crippen molar-refractivity contribution in [1.29, 1.82) is 0 Å². The predicted octanol–water partition coefficient (Wildman–Crippen LogP) is 1.66. The van der Waals surface area contributed by atoms with Gasteiger partial charge in [0.15, 0.2) is 0 Å². The minimum atomic E-state index is -3.72. The first kappa shape index (κ1) is 15.2. The smallest absolute Gasteiger partial charge is 0.243 e. The Labute approximate surface area is 122 Å². The van der Waals surface area contributed by atoms with Crippen molar-refractivity contribution in [3.8, 4) is 0 Å². The molecule has 0 aromatic carbocycles. The quantitative estimate of drug-likeness (QED) is 0.755. The lowest BCUT2D eigenvalue weighted by Gasteiger charge is -2.15. The zero-order valence-electron chi connectivity index (χ0n) is 10.9. The Morgan fingerprint density at radius 3 is 2.95 bits per heavy atom. The molecule has 2 heterocycles. The number of halogens is 1. The summed E-state index contributed by atoms with van der Waals surface area (Å²) in [5.74, 6) is 0. The van der Waals surface area contributed by atoms with Crippen molar-refractivity contribution in [1.82, 2.24) is 14.7 Å². The van der Waals surface area contributed by atoms with Gasteiger partial charge >= 0.3 is 0 Å². The number of nitrogens with zero attached hydrogens (tertiary/aromatic N) is 1. The van der Waals surface area contributed by atoms with Crippen molar-refractivity contribution in [2.24, 2.45) is 0 Å². The van der Waals surface area contributed by atoms with Crippen LogP contribution in [0.4, 0.5) is 0 Å². The van der Waals surface area contributed by atoms with Crippen LogP contribution < -0.4 is 4.72 Å². The van der Waals surface area contributed by atoms with Crippen LogP contribution in [-0.4, -0.2) is 36.1 Å². The summed E-state index contributed by atoms with van der Waals surface area (Å²) < 4.78 is 27.4. The van der Waals surface area contributed by atoms with Gasteiger partial charge in [-0.15, -0.1) is 0 Å². The number of pyridine rings is 1. The van der Waals surface area contributed by atoms with Crippen LogP contribution in [0, 0.1) is 0 Å². The van der Waals surface area contributed by atoms with E-state index in [4.69, 9.17) is 16.7 Å². The average molecular weight is 318 g/mol. The van der Waals surface area contributed by atoms with Crippen LogP contribution in [-0.2, 0) is 10.0 Å². The van der Waals surface area contributed by atoms with Crippen LogP contribution >= 0.6 is 11.6 Å². The number of aliphatic hydroxyl groups is 1. The lowest BCUT2D eigenvalue weighted by atomic mass is 10.2. The molecule has 3 N–H and O–H groups in total. The molecule has 0 radical (unpaired) electrons. The van der Waals surface area contributed by atoms with Gasteiger partial charge in [-0.2, -0.15) is 0 Å². The summed E-state index contributed by atoms with van der Waals surface area (Å²) in [4.78, 5) is 6.91. The lowest BCUT2D eigenvalue weighted by Crippen LogP contribution is -2.35. The zero-order valence-corrected chi connectivity index (χ0v) is 12.5. The Balaban J connectivity index is 2.42. The molecule has 6 nitrogen and oxygen atoms in total. The van der Waals surface area contributed by atoms with E-state index in [0.717, 1.165) is 0 Å². The van der Waals surface area contributed by atoms with Gasteiger partial charge in [-0.3, -0.25) is 0 Å². The summed E-state index contributed by atoms with van der Waals surface area (Å²) >= 11 is 6.05. The van der Waals surface area contributed by atoms with E-state index < -0.39 is 10.0 Å². The second kappa shape index (κ2) is 6.09. The van der Waals surface area contributed by atoms with E-state index in [1.54, 1.807) is 6.07 Å². The Bertz CT molecular complexity index is 699. The molecule has 1 unspecified atom stereocenters. The van der Waals surface area contributed by atoms with Crippen molar-refractivity contribution in [2.75, 3.05) is 6.61 Å². The standard InChI is InChI=1S/C12H16ClN3O3S/c1-2-8(4-6-17)16-20(18,19)10-7-15-12-11(10)9(13)3-5-14-12/h3,5,7-8,16-17H,2,4,6H2,1H3,(H,14,15). The molecule has 0 aliphatic rings. The average Bonchev–Trinajstić information content (AvgIpc) is 2.84. The molecule has 110 valence electrons. The van der Waals surface area contributed by atoms with Gasteiger partial charge in [-0.1, -0.05) is 18.5 Å². The van der Waals surface area contributed by atoms with Gasteiger partial charge in [0.25, 0.3) is 0 Å². The van der Waals surface area contributed by atoms with Crippen LogP contribution in [0.2, 0.25) is 5.02 Å². The number of nitrogens with one attached hydrogen (secondary N) is 2. The number of aromatic nitrogens is 2. The number of aliphatic hydroxyl groups excluding tert-OH is 1. The molecule has 0 amide bonds. The molecule has 2 aromatic heterocycles. The molecule has 20 heavy (non-hydrogen) atoms. The van der Waals surface area contributed by atoms with Crippen molar-refractivity contribution < 1.29 is 13.5 Å². The minimum absolute atomic E-state index is 0.0713. The molecule has 2 rings (SSSR count). The lowest BCUT2D eigenvalue weighted by molar-refractivity contribution is 0.270.